The summed E-state index contributed by atoms with van der Waals surface area (Å²) in [6.45, 7) is 2.02. The number of fused-ring (bicyclic) bond motifs is 3. The monoisotopic (exact) mass is 432 g/mol. The third-order valence-electron chi connectivity index (χ3n) is 3.83. The van der Waals surface area contributed by atoms with E-state index in [0.29, 0.717) is 16.7 Å². The molecule has 2 heterocycles. The number of nitrogens with zero attached hydrogens (tertiary/aromatic N) is 3. The summed E-state index contributed by atoms with van der Waals surface area (Å²) in [5.41, 5.74) is 3.04. The molecule has 1 N–H and O–H groups in total. The quantitative estimate of drug-likeness (QED) is 0.583. The van der Waals surface area contributed by atoms with E-state index in [1.807, 2.05) is 25.1 Å². The van der Waals surface area contributed by atoms with Crippen LogP contribution in [0.2, 0.25) is 0 Å². The Balaban J connectivity index is 1.84. The summed E-state index contributed by atoms with van der Waals surface area (Å²) in [6, 6.07) is 12.0. The third kappa shape index (κ3) is 3.39. The second-order valence-electron chi connectivity index (χ2n) is 5.56. The van der Waals surface area contributed by atoms with Crippen LogP contribution in [-0.4, -0.2) is 20.9 Å². The van der Waals surface area contributed by atoms with Gasteiger partial charge < -0.3 is 10.1 Å². The van der Waals surface area contributed by atoms with Crippen LogP contribution in [0, 0.1) is 5.82 Å². The van der Waals surface area contributed by atoms with Crippen LogP contribution in [0.3, 0.4) is 0 Å². The Morgan fingerprint density at radius 3 is 2.77 bits per heavy atom. The number of thioether (sulfide) groups is 1. The van der Waals surface area contributed by atoms with Crippen molar-refractivity contribution in [3.8, 4) is 17.1 Å². The highest BCUT2D eigenvalue weighted by Gasteiger charge is 2.26. The zero-order valence-electron chi connectivity index (χ0n) is 13.7. The number of nitrogens with one attached hydrogen (secondary N) is 1. The Labute approximate surface area is 162 Å². The largest absolute Gasteiger partial charge is 0.448 e. The molecule has 8 heteroatoms. The zero-order valence-corrected chi connectivity index (χ0v) is 16.1. The Morgan fingerprint density at radius 2 is 2.00 bits per heavy atom. The van der Waals surface area contributed by atoms with Crippen molar-refractivity contribution in [3.05, 3.63) is 58.3 Å². The Hall–Kier alpha value is -2.19. The molecular weight excluding hydrogens is 419 g/mol. The SMILES string of the molecule is CCSc1nnc2c(n1)O[C@@H](c1ccc(F)cc1)Nc1ccc(Br)cc1-2. The normalized spacial score (nSPS) is 15.3. The van der Waals surface area contributed by atoms with Gasteiger partial charge in [0.05, 0.1) is 0 Å². The maximum Gasteiger partial charge on any atom is 0.247 e. The van der Waals surface area contributed by atoms with E-state index in [1.165, 1.54) is 23.9 Å². The fraction of sp³-hybridized carbons (Fsp3) is 0.167. The topological polar surface area (TPSA) is 59.9 Å². The predicted octanol–water partition coefficient (Wildman–Crippen LogP) is 5.06. The summed E-state index contributed by atoms with van der Waals surface area (Å²) < 4.78 is 20.3. The van der Waals surface area contributed by atoms with E-state index in [1.54, 1.807) is 12.1 Å². The number of rotatable bonds is 3. The molecular formula is C18H14BrFN4OS. The number of hydrogen-bond acceptors (Lipinski definition) is 6. The number of hydrogen-bond donors (Lipinski definition) is 1. The van der Waals surface area contributed by atoms with Crippen molar-refractivity contribution in [2.45, 2.75) is 18.3 Å². The van der Waals surface area contributed by atoms with E-state index in [9.17, 15) is 4.39 Å². The fourth-order valence-corrected chi connectivity index (χ4v) is 3.51. The summed E-state index contributed by atoms with van der Waals surface area (Å²) in [7, 11) is 0. The molecule has 1 atom stereocenters. The van der Waals surface area contributed by atoms with Gasteiger partial charge >= 0.3 is 0 Å². The first-order valence-electron chi connectivity index (χ1n) is 8.00. The summed E-state index contributed by atoms with van der Waals surface area (Å²) >= 11 is 4.99. The van der Waals surface area contributed by atoms with Crippen LogP contribution in [0.5, 0.6) is 5.88 Å². The lowest BCUT2D eigenvalue weighted by atomic mass is 10.1. The molecule has 0 amide bonds. The van der Waals surface area contributed by atoms with Crippen molar-refractivity contribution < 1.29 is 9.13 Å². The van der Waals surface area contributed by atoms with Crippen LogP contribution in [0.25, 0.3) is 11.3 Å². The summed E-state index contributed by atoms with van der Waals surface area (Å²) in [5.74, 6) is 0.940. The molecule has 1 aliphatic rings. The first kappa shape index (κ1) is 17.2. The highest BCUT2D eigenvalue weighted by atomic mass is 79.9. The molecule has 0 aliphatic carbocycles. The average molecular weight is 433 g/mol. The molecule has 5 nitrogen and oxygen atoms in total. The molecule has 1 aromatic heterocycles. The summed E-state index contributed by atoms with van der Waals surface area (Å²) in [5, 5.41) is 12.4. The van der Waals surface area contributed by atoms with E-state index in [2.05, 4.69) is 36.4 Å². The number of aromatic nitrogens is 3. The molecule has 0 radical (unpaired) electrons. The van der Waals surface area contributed by atoms with Crippen molar-refractivity contribution in [2.24, 2.45) is 0 Å². The molecule has 3 aromatic rings. The van der Waals surface area contributed by atoms with Crippen LogP contribution in [0.15, 0.2) is 52.1 Å². The first-order valence-corrected chi connectivity index (χ1v) is 9.78. The number of halogens is 2. The van der Waals surface area contributed by atoms with Crippen molar-refractivity contribution >= 4 is 33.4 Å². The average Bonchev–Trinajstić information content (AvgIpc) is 2.79. The molecule has 132 valence electrons. The van der Waals surface area contributed by atoms with Crippen molar-refractivity contribution in [1.82, 2.24) is 15.2 Å². The molecule has 26 heavy (non-hydrogen) atoms. The summed E-state index contributed by atoms with van der Waals surface area (Å²) in [6.07, 6.45) is -0.520. The second-order valence-corrected chi connectivity index (χ2v) is 7.71. The minimum absolute atomic E-state index is 0.294. The maximum atomic E-state index is 13.3. The van der Waals surface area contributed by atoms with Crippen LogP contribution in [0.1, 0.15) is 18.7 Å². The van der Waals surface area contributed by atoms with Crippen molar-refractivity contribution in [1.29, 1.82) is 0 Å². The minimum atomic E-state index is -0.520. The van der Waals surface area contributed by atoms with E-state index in [0.717, 1.165) is 27.0 Å². The maximum absolute atomic E-state index is 13.3. The first-order chi connectivity index (χ1) is 12.6. The highest BCUT2D eigenvalue weighted by Crippen LogP contribution is 2.40. The van der Waals surface area contributed by atoms with Gasteiger partial charge in [-0.2, -0.15) is 4.98 Å². The molecule has 0 saturated carbocycles. The molecule has 2 aromatic carbocycles. The lowest BCUT2D eigenvalue weighted by Crippen LogP contribution is -2.17. The van der Waals surface area contributed by atoms with Gasteiger partial charge in [0, 0.05) is 21.3 Å². The Morgan fingerprint density at radius 1 is 1.19 bits per heavy atom. The lowest BCUT2D eigenvalue weighted by Gasteiger charge is -2.19. The van der Waals surface area contributed by atoms with Gasteiger partial charge in [0.2, 0.25) is 11.0 Å². The van der Waals surface area contributed by atoms with Gasteiger partial charge in [0.15, 0.2) is 11.9 Å². The van der Waals surface area contributed by atoms with Crippen LogP contribution in [0.4, 0.5) is 10.1 Å². The lowest BCUT2D eigenvalue weighted by molar-refractivity contribution is 0.225. The van der Waals surface area contributed by atoms with Crippen LogP contribution >= 0.6 is 27.7 Å². The van der Waals surface area contributed by atoms with Gasteiger partial charge in [-0.1, -0.05) is 46.7 Å². The molecule has 0 saturated heterocycles. The van der Waals surface area contributed by atoms with Crippen LogP contribution in [-0.2, 0) is 0 Å². The minimum Gasteiger partial charge on any atom is -0.448 e. The van der Waals surface area contributed by atoms with Gasteiger partial charge in [0.25, 0.3) is 0 Å². The van der Waals surface area contributed by atoms with E-state index in [-0.39, 0.29) is 5.82 Å². The molecule has 0 fully saturated rings. The van der Waals surface area contributed by atoms with Crippen molar-refractivity contribution in [2.75, 3.05) is 11.1 Å². The summed E-state index contributed by atoms with van der Waals surface area (Å²) in [4.78, 5) is 4.52. The standard InChI is InChI=1S/C18H14BrFN4OS/c1-2-26-18-22-17-15(23-24-18)13-9-11(19)5-8-14(13)21-16(25-17)10-3-6-12(20)7-4-10/h3-9,16,21H,2H2,1H3/t16-/m0/s1. The van der Waals surface area contributed by atoms with Gasteiger partial charge in [-0.05, 0) is 36.1 Å². The Bertz CT molecular complexity index is 954. The predicted molar refractivity (Wildman–Crippen MR) is 103 cm³/mol. The van der Waals surface area contributed by atoms with Gasteiger partial charge in [-0.15, -0.1) is 10.2 Å². The molecule has 0 spiro atoms. The van der Waals surface area contributed by atoms with E-state index < -0.39 is 6.23 Å². The molecule has 4 rings (SSSR count). The van der Waals surface area contributed by atoms with Gasteiger partial charge in [-0.25, -0.2) is 4.39 Å². The van der Waals surface area contributed by atoms with E-state index >= 15 is 0 Å². The van der Waals surface area contributed by atoms with E-state index in [4.69, 9.17) is 4.74 Å². The Kier molecular flexibility index (Phi) is 4.78. The molecule has 0 bridgehead atoms. The van der Waals surface area contributed by atoms with Gasteiger partial charge in [0.1, 0.15) is 5.82 Å². The third-order valence-corrected chi connectivity index (χ3v) is 5.05. The zero-order chi connectivity index (χ0) is 18.1. The van der Waals surface area contributed by atoms with Crippen molar-refractivity contribution in [3.63, 3.8) is 0 Å². The number of benzene rings is 2. The fourth-order valence-electron chi connectivity index (χ4n) is 2.65. The molecule has 1 aliphatic heterocycles. The smallest absolute Gasteiger partial charge is 0.247 e. The number of anilines is 1. The highest BCUT2D eigenvalue weighted by molar-refractivity contribution is 9.10. The number of ether oxygens (including phenoxy) is 1. The van der Waals surface area contributed by atoms with Crippen LogP contribution < -0.4 is 10.1 Å². The second kappa shape index (κ2) is 7.20. The molecule has 0 unspecified atom stereocenters. The van der Waals surface area contributed by atoms with Gasteiger partial charge in [-0.3, -0.25) is 0 Å².